The highest BCUT2D eigenvalue weighted by Gasteiger charge is 2.04. The number of benzene rings is 1. The maximum absolute atomic E-state index is 11.4. The van der Waals surface area contributed by atoms with Crippen LogP contribution in [0.1, 0.15) is 6.92 Å². The standard InChI is InChI=1S/C11H15N3O2/c1-8(15)12-9-5-4-6-10(7-9)13-11(16)14(2)3/h4-7H,1-3H3,(H,12,15)(H,13,16). The van der Waals surface area contributed by atoms with Gasteiger partial charge in [-0.1, -0.05) is 6.07 Å². The van der Waals surface area contributed by atoms with Crippen molar-refractivity contribution in [1.82, 2.24) is 4.90 Å². The van der Waals surface area contributed by atoms with Gasteiger partial charge in [0.2, 0.25) is 5.91 Å². The molecule has 1 aromatic rings. The number of nitrogens with zero attached hydrogens (tertiary/aromatic N) is 1. The molecule has 0 saturated heterocycles. The largest absolute Gasteiger partial charge is 0.331 e. The molecule has 0 aliphatic carbocycles. The second-order valence-electron chi connectivity index (χ2n) is 3.59. The number of nitrogens with one attached hydrogen (secondary N) is 2. The average Bonchev–Trinajstić information content (AvgIpc) is 2.16. The summed E-state index contributed by atoms with van der Waals surface area (Å²) in [7, 11) is 3.32. The minimum atomic E-state index is -0.208. The van der Waals surface area contributed by atoms with Crippen LogP contribution in [0.25, 0.3) is 0 Å². The molecule has 1 aromatic carbocycles. The van der Waals surface area contributed by atoms with E-state index in [4.69, 9.17) is 0 Å². The van der Waals surface area contributed by atoms with E-state index in [1.807, 2.05) is 0 Å². The topological polar surface area (TPSA) is 61.4 Å². The van der Waals surface area contributed by atoms with E-state index in [2.05, 4.69) is 10.6 Å². The zero-order chi connectivity index (χ0) is 12.1. The number of rotatable bonds is 2. The first-order valence-electron chi connectivity index (χ1n) is 4.85. The number of carbonyl (C=O) groups is 2. The maximum atomic E-state index is 11.4. The average molecular weight is 221 g/mol. The Labute approximate surface area is 94.4 Å². The fraction of sp³-hybridized carbons (Fsp3) is 0.273. The van der Waals surface area contributed by atoms with Gasteiger partial charge in [-0.15, -0.1) is 0 Å². The second-order valence-corrected chi connectivity index (χ2v) is 3.59. The molecule has 2 N–H and O–H groups in total. The highest BCUT2D eigenvalue weighted by atomic mass is 16.2. The summed E-state index contributed by atoms with van der Waals surface area (Å²) >= 11 is 0. The Morgan fingerprint density at radius 3 is 2.19 bits per heavy atom. The highest BCUT2D eigenvalue weighted by molar-refractivity contribution is 5.92. The molecular formula is C11H15N3O2. The van der Waals surface area contributed by atoms with Gasteiger partial charge in [-0.3, -0.25) is 4.79 Å². The van der Waals surface area contributed by atoms with E-state index in [-0.39, 0.29) is 11.9 Å². The summed E-state index contributed by atoms with van der Waals surface area (Å²) in [5, 5.41) is 5.33. The Bertz CT molecular complexity index is 402. The van der Waals surface area contributed by atoms with Crippen LogP contribution in [0.15, 0.2) is 24.3 Å². The van der Waals surface area contributed by atoms with Gasteiger partial charge in [0.1, 0.15) is 0 Å². The normalized spacial score (nSPS) is 9.44. The molecule has 0 radical (unpaired) electrons. The molecule has 0 unspecified atom stereocenters. The predicted molar refractivity (Wildman–Crippen MR) is 63.5 cm³/mol. The predicted octanol–water partition coefficient (Wildman–Crippen LogP) is 1.74. The van der Waals surface area contributed by atoms with Gasteiger partial charge in [-0.2, -0.15) is 0 Å². The smallest absolute Gasteiger partial charge is 0.321 e. The third-order valence-corrected chi connectivity index (χ3v) is 1.84. The number of amides is 3. The van der Waals surface area contributed by atoms with Crippen molar-refractivity contribution in [3.05, 3.63) is 24.3 Å². The molecule has 0 aliphatic heterocycles. The lowest BCUT2D eigenvalue weighted by Gasteiger charge is -2.12. The molecule has 0 fully saturated rings. The van der Waals surface area contributed by atoms with E-state index in [0.717, 1.165) is 0 Å². The van der Waals surface area contributed by atoms with Crippen LogP contribution < -0.4 is 10.6 Å². The maximum Gasteiger partial charge on any atom is 0.321 e. The van der Waals surface area contributed by atoms with Gasteiger partial charge >= 0.3 is 6.03 Å². The van der Waals surface area contributed by atoms with Crippen LogP contribution in [0.2, 0.25) is 0 Å². The number of carbonyl (C=O) groups excluding carboxylic acids is 2. The molecule has 0 heterocycles. The first kappa shape index (κ1) is 12.0. The molecule has 0 atom stereocenters. The summed E-state index contributed by atoms with van der Waals surface area (Å²) in [6.07, 6.45) is 0. The zero-order valence-corrected chi connectivity index (χ0v) is 9.57. The lowest BCUT2D eigenvalue weighted by atomic mass is 10.2. The summed E-state index contributed by atoms with van der Waals surface area (Å²) in [6, 6.07) is 6.76. The van der Waals surface area contributed by atoms with Crippen LogP contribution in [-0.4, -0.2) is 30.9 Å². The van der Waals surface area contributed by atoms with Gasteiger partial charge in [0.05, 0.1) is 0 Å². The quantitative estimate of drug-likeness (QED) is 0.799. The molecule has 3 amide bonds. The minimum Gasteiger partial charge on any atom is -0.331 e. The van der Waals surface area contributed by atoms with Crippen molar-refractivity contribution in [1.29, 1.82) is 0 Å². The molecule has 1 rings (SSSR count). The van der Waals surface area contributed by atoms with Crippen LogP contribution >= 0.6 is 0 Å². The Morgan fingerprint density at radius 1 is 1.12 bits per heavy atom. The molecule has 5 nitrogen and oxygen atoms in total. The van der Waals surface area contributed by atoms with Crippen molar-refractivity contribution in [2.45, 2.75) is 6.92 Å². The number of urea groups is 1. The monoisotopic (exact) mass is 221 g/mol. The first-order chi connectivity index (χ1) is 7.49. The minimum absolute atomic E-state index is 0.143. The van der Waals surface area contributed by atoms with Crippen LogP contribution in [0, 0.1) is 0 Å². The Kier molecular flexibility index (Phi) is 3.88. The van der Waals surface area contributed by atoms with Gasteiger partial charge in [0.25, 0.3) is 0 Å². The van der Waals surface area contributed by atoms with E-state index in [1.54, 1.807) is 38.4 Å². The van der Waals surface area contributed by atoms with E-state index >= 15 is 0 Å². The second kappa shape index (κ2) is 5.16. The summed E-state index contributed by atoms with van der Waals surface area (Å²) in [6.45, 7) is 1.44. The van der Waals surface area contributed by atoms with E-state index in [0.29, 0.717) is 11.4 Å². The SMILES string of the molecule is CC(=O)Nc1cccc(NC(=O)N(C)C)c1. The molecule has 16 heavy (non-hydrogen) atoms. The lowest BCUT2D eigenvalue weighted by molar-refractivity contribution is -0.114. The molecular weight excluding hydrogens is 206 g/mol. The van der Waals surface area contributed by atoms with E-state index < -0.39 is 0 Å². The molecule has 0 aliphatic rings. The van der Waals surface area contributed by atoms with Crippen LogP contribution in [0.5, 0.6) is 0 Å². The van der Waals surface area contributed by atoms with Crippen molar-refractivity contribution in [3.8, 4) is 0 Å². The molecule has 0 saturated carbocycles. The number of anilines is 2. The fourth-order valence-electron chi connectivity index (χ4n) is 1.11. The van der Waals surface area contributed by atoms with Gasteiger partial charge in [-0.25, -0.2) is 4.79 Å². The van der Waals surface area contributed by atoms with Crippen LogP contribution in [-0.2, 0) is 4.79 Å². The van der Waals surface area contributed by atoms with E-state index in [9.17, 15) is 9.59 Å². The Morgan fingerprint density at radius 2 is 1.69 bits per heavy atom. The summed E-state index contributed by atoms with van der Waals surface area (Å²) in [5.74, 6) is -0.143. The molecule has 86 valence electrons. The first-order valence-corrected chi connectivity index (χ1v) is 4.85. The summed E-state index contributed by atoms with van der Waals surface area (Å²) in [4.78, 5) is 23.7. The Hall–Kier alpha value is -2.04. The zero-order valence-electron chi connectivity index (χ0n) is 9.57. The van der Waals surface area contributed by atoms with Crippen molar-refractivity contribution in [2.24, 2.45) is 0 Å². The molecule has 0 bridgehead atoms. The lowest BCUT2D eigenvalue weighted by Crippen LogP contribution is -2.27. The van der Waals surface area contributed by atoms with Crippen molar-refractivity contribution >= 4 is 23.3 Å². The molecule has 0 aromatic heterocycles. The number of hydrogen-bond donors (Lipinski definition) is 2. The van der Waals surface area contributed by atoms with Gasteiger partial charge in [0, 0.05) is 32.4 Å². The highest BCUT2D eigenvalue weighted by Crippen LogP contribution is 2.15. The third-order valence-electron chi connectivity index (χ3n) is 1.84. The van der Waals surface area contributed by atoms with Gasteiger partial charge in [-0.05, 0) is 18.2 Å². The third kappa shape index (κ3) is 3.61. The summed E-state index contributed by atoms with van der Waals surface area (Å²) < 4.78 is 0. The van der Waals surface area contributed by atoms with Crippen LogP contribution in [0.4, 0.5) is 16.2 Å². The fourth-order valence-corrected chi connectivity index (χ4v) is 1.11. The van der Waals surface area contributed by atoms with Gasteiger partial charge in [0.15, 0.2) is 0 Å². The van der Waals surface area contributed by atoms with Crippen LogP contribution in [0.3, 0.4) is 0 Å². The van der Waals surface area contributed by atoms with Crippen molar-refractivity contribution in [2.75, 3.05) is 24.7 Å². The van der Waals surface area contributed by atoms with Gasteiger partial charge < -0.3 is 15.5 Å². The number of hydrogen-bond acceptors (Lipinski definition) is 2. The molecule has 0 spiro atoms. The molecule has 5 heteroatoms. The Balaban J connectivity index is 2.74. The van der Waals surface area contributed by atoms with Crippen molar-refractivity contribution in [3.63, 3.8) is 0 Å². The van der Waals surface area contributed by atoms with Crippen molar-refractivity contribution < 1.29 is 9.59 Å². The summed E-state index contributed by atoms with van der Waals surface area (Å²) in [5.41, 5.74) is 1.30. The van der Waals surface area contributed by atoms with E-state index in [1.165, 1.54) is 11.8 Å².